The summed E-state index contributed by atoms with van der Waals surface area (Å²) in [6.07, 6.45) is 3.88. The van der Waals surface area contributed by atoms with Crippen LogP contribution in [0.3, 0.4) is 0 Å². The Labute approximate surface area is 131 Å². The molecule has 1 aromatic rings. The molecule has 2 atom stereocenters. The van der Waals surface area contributed by atoms with Crippen molar-refractivity contribution < 1.29 is 4.79 Å². The first-order chi connectivity index (χ1) is 9.87. The van der Waals surface area contributed by atoms with E-state index in [9.17, 15) is 4.79 Å². The third kappa shape index (κ3) is 4.74. The molecule has 1 amide bonds. The van der Waals surface area contributed by atoms with Gasteiger partial charge in [-0.3, -0.25) is 9.48 Å². The Morgan fingerprint density at radius 3 is 2.90 bits per heavy atom. The summed E-state index contributed by atoms with van der Waals surface area (Å²) < 4.78 is 2.04. The van der Waals surface area contributed by atoms with Crippen LogP contribution < -0.4 is 10.6 Å². The first kappa shape index (κ1) is 16.4. The van der Waals surface area contributed by atoms with Crippen molar-refractivity contribution in [1.29, 1.82) is 0 Å². The third-order valence-electron chi connectivity index (χ3n) is 3.64. The van der Waals surface area contributed by atoms with Gasteiger partial charge in [0.05, 0.1) is 12.1 Å². The van der Waals surface area contributed by atoms with E-state index in [1.54, 1.807) is 4.68 Å². The van der Waals surface area contributed by atoms with E-state index >= 15 is 0 Å². The van der Waals surface area contributed by atoms with Crippen LogP contribution in [0.15, 0.2) is 12.4 Å². The predicted molar refractivity (Wildman–Crippen MR) is 87.5 cm³/mol. The van der Waals surface area contributed by atoms with Gasteiger partial charge in [-0.05, 0) is 5.56 Å². The van der Waals surface area contributed by atoms with Crippen LogP contribution in [0.1, 0.15) is 32.3 Å². The summed E-state index contributed by atoms with van der Waals surface area (Å²) in [4.78, 5) is 12.4. The average Bonchev–Trinajstić information content (AvgIpc) is 3.01. The Bertz CT molecular complexity index is 480. The molecule has 6 heteroatoms. The van der Waals surface area contributed by atoms with Crippen LogP contribution in [0.25, 0.3) is 0 Å². The zero-order valence-corrected chi connectivity index (χ0v) is 14.2. The summed E-state index contributed by atoms with van der Waals surface area (Å²) in [6.45, 7) is 8.91. The lowest BCUT2D eigenvalue weighted by atomic mass is 9.90. The van der Waals surface area contributed by atoms with E-state index in [0.29, 0.717) is 0 Å². The predicted octanol–water partition coefficient (Wildman–Crippen LogP) is 1.37. The molecule has 0 aromatic carbocycles. The van der Waals surface area contributed by atoms with Crippen molar-refractivity contribution in [1.82, 2.24) is 20.4 Å². The zero-order valence-electron chi connectivity index (χ0n) is 13.3. The maximum absolute atomic E-state index is 12.4. The molecule has 0 bridgehead atoms. The molecule has 2 rings (SSSR count). The van der Waals surface area contributed by atoms with Crippen molar-refractivity contribution in [3.63, 3.8) is 0 Å². The van der Waals surface area contributed by atoms with Gasteiger partial charge in [-0.15, -0.1) is 0 Å². The van der Waals surface area contributed by atoms with Crippen molar-refractivity contribution in [2.24, 2.45) is 13.0 Å². The second-order valence-electron chi connectivity index (χ2n) is 6.57. The lowest BCUT2D eigenvalue weighted by Gasteiger charge is -2.19. The number of carbonyl (C=O) groups excluding carboxylic acids is 1. The van der Waals surface area contributed by atoms with Crippen molar-refractivity contribution in [3.8, 4) is 0 Å². The minimum absolute atomic E-state index is 0.00818. The van der Waals surface area contributed by atoms with E-state index in [2.05, 4.69) is 36.5 Å². The summed E-state index contributed by atoms with van der Waals surface area (Å²) in [5.74, 6) is 1.35. The Hall–Kier alpha value is -1.01. The molecule has 0 aliphatic carbocycles. The van der Waals surface area contributed by atoms with Crippen LogP contribution >= 0.6 is 11.8 Å². The summed E-state index contributed by atoms with van der Waals surface area (Å²) in [6, 6.07) is 0. The quantitative estimate of drug-likeness (QED) is 0.807. The lowest BCUT2D eigenvalue weighted by Crippen LogP contribution is -2.35. The van der Waals surface area contributed by atoms with Crippen molar-refractivity contribution in [2.75, 3.05) is 25.4 Å². The molecule has 2 heterocycles. The van der Waals surface area contributed by atoms with Crippen LogP contribution in [0.2, 0.25) is 0 Å². The molecule has 1 aliphatic heterocycles. The molecule has 0 spiro atoms. The van der Waals surface area contributed by atoms with Crippen LogP contribution in [0.4, 0.5) is 0 Å². The average molecular weight is 310 g/mol. The second-order valence-corrected chi connectivity index (χ2v) is 8.49. The number of amides is 1. The first-order valence-corrected chi connectivity index (χ1v) is 8.46. The van der Waals surface area contributed by atoms with E-state index < -0.39 is 0 Å². The van der Waals surface area contributed by atoms with Gasteiger partial charge in [-0.1, -0.05) is 20.8 Å². The number of aryl methyl sites for hydroxylation is 1. The van der Waals surface area contributed by atoms with Crippen molar-refractivity contribution in [2.45, 2.75) is 31.4 Å². The number of thioether (sulfide) groups is 1. The number of rotatable bonds is 5. The van der Waals surface area contributed by atoms with E-state index in [1.807, 2.05) is 31.2 Å². The van der Waals surface area contributed by atoms with Gasteiger partial charge in [0, 0.05) is 49.3 Å². The summed E-state index contributed by atoms with van der Waals surface area (Å²) >= 11 is 1.87. The van der Waals surface area contributed by atoms with Gasteiger partial charge in [0.2, 0.25) is 5.91 Å². The minimum Gasteiger partial charge on any atom is -0.355 e. The molecule has 1 saturated heterocycles. The van der Waals surface area contributed by atoms with Gasteiger partial charge in [0.1, 0.15) is 0 Å². The van der Waals surface area contributed by atoms with E-state index in [4.69, 9.17) is 0 Å². The highest BCUT2D eigenvalue weighted by molar-refractivity contribution is 8.00. The van der Waals surface area contributed by atoms with Crippen LogP contribution in [0, 0.1) is 5.92 Å². The molecule has 0 saturated carbocycles. The Balaban J connectivity index is 1.84. The Kier molecular flexibility index (Phi) is 5.32. The third-order valence-corrected chi connectivity index (χ3v) is 4.91. The second kappa shape index (κ2) is 6.83. The molecule has 118 valence electrons. The van der Waals surface area contributed by atoms with Gasteiger partial charge in [-0.2, -0.15) is 16.9 Å². The molecule has 21 heavy (non-hydrogen) atoms. The van der Waals surface area contributed by atoms with E-state index in [0.717, 1.165) is 31.0 Å². The van der Waals surface area contributed by atoms with Crippen LogP contribution in [-0.2, 0) is 11.8 Å². The Morgan fingerprint density at radius 2 is 2.29 bits per heavy atom. The van der Waals surface area contributed by atoms with Gasteiger partial charge < -0.3 is 10.6 Å². The lowest BCUT2D eigenvalue weighted by molar-refractivity contribution is -0.124. The number of hydrogen-bond acceptors (Lipinski definition) is 4. The number of hydrogen-bond donors (Lipinski definition) is 2. The van der Waals surface area contributed by atoms with Gasteiger partial charge in [0.25, 0.3) is 0 Å². The number of nitrogens with zero attached hydrogens (tertiary/aromatic N) is 2. The smallest absolute Gasteiger partial charge is 0.225 e. The van der Waals surface area contributed by atoms with Gasteiger partial charge in [-0.25, -0.2) is 0 Å². The summed E-state index contributed by atoms with van der Waals surface area (Å²) in [7, 11) is 1.91. The fraction of sp³-hybridized carbons (Fsp3) is 0.733. The highest BCUT2D eigenvalue weighted by atomic mass is 32.2. The largest absolute Gasteiger partial charge is 0.355 e. The normalized spacial score (nSPS) is 22.5. The standard InChI is InChI=1S/C15H26N4OS/c1-15(2,3)21-6-5-17-14(20)13-9-16-8-12(13)11-7-18-19(4)10-11/h7,10,12-13,16H,5-6,8-9H2,1-4H3,(H,17,20)/t12-,13+/m1/s1. The molecule has 1 aromatic heterocycles. The highest BCUT2D eigenvalue weighted by Gasteiger charge is 2.34. The van der Waals surface area contributed by atoms with E-state index in [1.165, 1.54) is 0 Å². The van der Waals surface area contributed by atoms with Gasteiger partial charge in [0.15, 0.2) is 0 Å². The number of aromatic nitrogens is 2. The molecule has 5 nitrogen and oxygen atoms in total. The molecule has 0 unspecified atom stereocenters. The molecule has 2 N–H and O–H groups in total. The fourth-order valence-corrected chi connectivity index (χ4v) is 3.42. The molecular weight excluding hydrogens is 284 g/mol. The van der Waals surface area contributed by atoms with E-state index in [-0.39, 0.29) is 22.5 Å². The highest BCUT2D eigenvalue weighted by Crippen LogP contribution is 2.28. The number of carbonyl (C=O) groups is 1. The molecular formula is C15H26N4OS. The topological polar surface area (TPSA) is 59.0 Å². The maximum atomic E-state index is 12.4. The minimum atomic E-state index is 0.00818. The maximum Gasteiger partial charge on any atom is 0.225 e. The summed E-state index contributed by atoms with van der Waals surface area (Å²) in [5, 5.41) is 10.6. The van der Waals surface area contributed by atoms with Crippen LogP contribution in [0.5, 0.6) is 0 Å². The SMILES string of the molecule is Cn1cc([C@H]2CNC[C@@H]2C(=O)NCCSC(C)(C)C)cn1. The van der Waals surface area contributed by atoms with Gasteiger partial charge >= 0.3 is 0 Å². The van der Waals surface area contributed by atoms with Crippen LogP contribution in [-0.4, -0.2) is 45.8 Å². The molecule has 1 aliphatic rings. The fourth-order valence-electron chi connectivity index (χ4n) is 2.60. The molecule has 0 radical (unpaired) electrons. The zero-order chi connectivity index (χ0) is 15.5. The van der Waals surface area contributed by atoms with Crippen molar-refractivity contribution in [3.05, 3.63) is 18.0 Å². The number of nitrogens with one attached hydrogen (secondary N) is 2. The van der Waals surface area contributed by atoms with Crippen molar-refractivity contribution >= 4 is 17.7 Å². The first-order valence-electron chi connectivity index (χ1n) is 7.48. The Morgan fingerprint density at radius 1 is 1.52 bits per heavy atom. The monoisotopic (exact) mass is 310 g/mol. The summed E-state index contributed by atoms with van der Waals surface area (Å²) in [5.41, 5.74) is 1.15. The molecule has 1 fully saturated rings.